The van der Waals surface area contributed by atoms with E-state index in [9.17, 15) is 4.79 Å². The molecule has 1 aliphatic heterocycles. The van der Waals surface area contributed by atoms with E-state index in [0.717, 1.165) is 25.9 Å². The van der Waals surface area contributed by atoms with Gasteiger partial charge in [-0.1, -0.05) is 4.85 Å². The van der Waals surface area contributed by atoms with Gasteiger partial charge in [-0.25, -0.2) is 0 Å². The van der Waals surface area contributed by atoms with Crippen molar-refractivity contribution >= 4 is 5.91 Å². The van der Waals surface area contributed by atoms with Gasteiger partial charge in [-0.05, 0) is 12.8 Å². The lowest BCUT2D eigenvalue weighted by molar-refractivity contribution is -0.127. The van der Waals surface area contributed by atoms with Crippen LogP contribution in [0.2, 0.25) is 0 Å². The Morgan fingerprint density at radius 1 is 1.50 bits per heavy atom. The molecule has 3 nitrogen and oxygen atoms in total. The summed E-state index contributed by atoms with van der Waals surface area (Å²) in [6.45, 7) is 6.78. The average molecular weight is 139 g/mol. The van der Waals surface area contributed by atoms with E-state index in [1.807, 2.05) is 0 Å². The molecule has 1 heterocycles. The van der Waals surface area contributed by atoms with Crippen molar-refractivity contribution in [2.45, 2.75) is 12.8 Å². The molecule has 0 atom stereocenters. The monoisotopic (exact) mass is 139 g/mol. The maximum Gasteiger partial charge on any atom is 0.339 e. The first kappa shape index (κ1) is 7.07. The number of carbonyl (C=O) groups excluding carboxylic acids is 1. The molecule has 3 heteroatoms. The summed E-state index contributed by atoms with van der Waals surface area (Å²) in [6, 6.07) is 0. The van der Waals surface area contributed by atoms with Crippen LogP contribution in [-0.2, 0) is 4.79 Å². The second-order valence-electron chi connectivity index (χ2n) is 2.43. The minimum absolute atomic E-state index is 0.0556. The third-order valence-electron chi connectivity index (χ3n) is 1.69. The van der Waals surface area contributed by atoms with Crippen molar-refractivity contribution in [1.29, 1.82) is 0 Å². The van der Waals surface area contributed by atoms with Gasteiger partial charge >= 0.3 is 12.5 Å². The fourth-order valence-corrected chi connectivity index (χ4v) is 1.14. The van der Waals surface area contributed by atoms with Crippen molar-refractivity contribution in [2.75, 3.05) is 19.6 Å². The molecule has 0 radical (unpaired) electrons. The van der Waals surface area contributed by atoms with E-state index in [0.29, 0.717) is 0 Å². The van der Waals surface area contributed by atoms with Crippen LogP contribution in [-0.4, -0.2) is 30.4 Å². The molecule has 1 amide bonds. The molecule has 54 valence electrons. The Kier molecular flexibility index (Phi) is 2.27. The quantitative estimate of drug-likeness (QED) is 0.521. The highest BCUT2D eigenvalue weighted by Crippen LogP contribution is 2.06. The van der Waals surface area contributed by atoms with E-state index in [-0.39, 0.29) is 12.5 Å². The van der Waals surface area contributed by atoms with E-state index in [1.54, 1.807) is 4.90 Å². The van der Waals surface area contributed by atoms with E-state index in [1.165, 1.54) is 0 Å². The Hall–Kier alpha value is -1.04. The van der Waals surface area contributed by atoms with Crippen molar-refractivity contribution in [2.24, 2.45) is 0 Å². The zero-order valence-electron chi connectivity index (χ0n) is 5.92. The average Bonchev–Trinajstić information content (AvgIpc) is 2.38. The first-order chi connectivity index (χ1) is 4.84. The molecule has 10 heavy (non-hydrogen) atoms. The molecule has 0 saturated carbocycles. The number of carbonyl (C=O) groups is 1. The number of rotatable bonds is 1. The number of hydrogen-bond donors (Lipinski definition) is 0. The Labute approximate surface area is 60.4 Å². The Morgan fingerprint density at radius 3 is 2.60 bits per heavy atom. The van der Waals surface area contributed by atoms with Gasteiger partial charge in [-0.15, -0.1) is 0 Å². The first-order valence-electron chi connectivity index (χ1n) is 3.49. The summed E-state index contributed by atoms with van der Waals surface area (Å²) >= 11 is 0. The number of amides is 1. The molecule has 0 aromatic carbocycles. The lowest BCUT2D eigenvalue weighted by Crippen LogP contribution is -2.29. The maximum absolute atomic E-state index is 11.0. The molecule has 1 fully saturated rings. The molecule has 0 bridgehead atoms. The molecule has 0 aliphatic carbocycles. The zero-order valence-corrected chi connectivity index (χ0v) is 5.92. The Morgan fingerprint density at radius 2 is 2.10 bits per heavy atom. The van der Waals surface area contributed by atoms with Gasteiger partial charge < -0.3 is 4.90 Å². The molecule has 0 aromatic heterocycles. The zero-order chi connectivity index (χ0) is 7.40. The van der Waals surface area contributed by atoms with Gasteiger partial charge in [0.1, 0.15) is 0 Å². The van der Waals surface area contributed by atoms with Crippen LogP contribution in [0.3, 0.4) is 0 Å². The van der Waals surface area contributed by atoms with Gasteiger partial charge in [0.05, 0.1) is 0 Å². The maximum atomic E-state index is 11.0. The summed E-state index contributed by atoms with van der Waals surface area (Å²) in [6.07, 6.45) is 2.24. The van der Waals surface area contributed by atoms with Crippen molar-refractivity contribution < 1.29 is 4.79 Å². The fourth-order valence-electron chi connectivity index (χ4n) is 1.14. The van der Waals surface area contributed by atoms with Crippen molar-refractivity contribution in [3.8, 4) is 6.57 Å². The highest BCUT2D eigenvalue weighted by molar-refractivity contribution is 5.79. The van der Waals surface area contributed by atoms with E-state index < -0.39 is 0 Å². The standard InChI is InChI=1S/C7H11N2O/c1-8-6-7(10)9-4-2-3-5-9/h1H,2-6H2/q+1. The number of hydrogen-bond acceptors (Lipinski definition) is 1. The Balaban J connectivity index is 2.34. The van der Waals surface area contributed by atoms with E-state index in [4.69, 9.17) is 6.57 Å². The topological polar surface area (TPSA) is 24.7 Å². The normalized spacial score (nSPS) is 16.9. The lowest BCUT2D eigenvalue weighted by Gasteiger charge is -2.09. The molecule has 0 spiro atoms. The molecule has 0 unspecified atom stereocenters. The predicted octanol–water partition coefficient (Wildman–Crippen LogP) is 0.572. The summed E-state index contributed by atoms with van der Waals surface area (Å²) in [5.41, 5.74) is 0. The molecule has 1 rings (SSSR count). The fraction of sp³-hybridized carbons (Fsp3) is 0.714. The lowest BCUT2D eigenvalue weighted by atomic mass is 10.4. The summed E-state index contributed by atoms with van der Waals surface area (Å²) in [7, 11) is 0. The summed E-state index contributed by atoms with van der Waals surface area (Å²) in [5, 5.41) is 0. The molecule has 1 aliphatic rings. The second-order valence-corrected chi connectivity index (χ2v) is 2.43. The van der Waals surface area contributed by atoms with Gasteiger partial charge in [0.2, 0.25) is 0 Å². The van der Waals surface area contributed by atoms with Crippen LogP contribution in [0.25, 0.3) is 4.85 Å². The molecular formula is C7H11N2O+. The summed E-state index contributed by atoms with van der Waals surface area (Å²) in [5.74, 6) is 0.0556. The third kappa shape index (κ3) is 1.47. The highest BCUT2D eigenvalue weighted by atomic mass is 16.2. The predicted molar refractivity (Wildman–Crippen MR) is 39.0 cm³/mol. The van der Waals surface area contributed by atoms with Crippen LogP contribution in [0.4, 0.5) is 0 Å². The van der Waals surface area contributed by atoms with Crippen LogP contribution < -0.4 is 0 Å². The van der Waals surface area contributed by atoms with Crippen LogP contribution in [0, 0.1) is 6.57 Å². The van der Waals surface area contributed by atoms with E-state index >= 15 is 0 Å². The SMILES string of the molecule is C#[N+]CC(=O)N1CCCC1. The summed E-state index contributed by atoms with van der Waals surface area (Å²) < 4.78 is 0. The smallest absolute Gasteiger partial charge is 0.336 e. The van der Waals surface area contributed by atoms with Crippen molar-refractivity contribution in [1.82, 2.24) is 4.90 Å². The van der Waals surface area contributed by atoms with Crippen LogP contribution >= 0.6 is 0 Å². The first-order valence-corrected chi connectivity index (χ1v) is 3.49. The van der Waals surface area contributed by atoms with Gasteiger partial charge in [0.25, 0.3) is 6.57 Å². The molecule has 0 aromatic rings. The molecular weight excluding hydrogens is 128 g/mol. The highest BCUT2D eigenvalue weighted by Gasteiger charge is 2.20. The minimum atomic E-state index is 0.0556. The van der Waals surface area contributed by atoms with Gasteiger partial charge in [-0.2, -0.15) is 0 Å². The minimum Gasteiger partial charge on any atom is -0.336 e. The third-order valence-corrected chi connectivity index (χ3v) is 1.69. The van der Waals surface area contributed by atoms with E-state index in [2.05, 4.69) is 4.85 Å². The Bertz CT molecular complexity index is 165. The van der Waals surface area contributed by atoms with Crippen molar-refractivity contribution in [3.63, 3.8) is 0 Å². The van der Waals surface area contributed by atoms with Crippen LogP contribution in [0.5, 0.6) is 0 Å². The van der Waals surface area contributed by atoms with Gasteiger partial charge in [0, 0.05) is 13.1 Å². The molecule has 0 N–H and O–H groups in total. The largest absolute Gasteiger partial charge is 0.339 e. The number of nitrogens with zero attached hydrogens (tertiary/aromatic N) is 2. The second kappa shape index (κ2) is 3.21. The van der Waals surface area contributed by atoms with Crippen molar-refractivity contribution in [3.05, 3.63) is 4.85 Å². The van der Waals surface area contributed by atoms with Crippen LogP contribution in [0.15, 0.2) is 0 Å². The number of likely N-dealkylation sites (tertiary alicyclic amines) is 1. The van der Waals surface area contributed by atoms with Gasteiger partial charge in [-0.3, -0.25) is 4.79 Å². The van der Waals surface area contributed by atoms with Gasteiger partial charge in [0.15, 0.2) is 0 Å². The van der Waals surface area contributed by atoms with Crippen LogP contribution in [0.1, 0.15) is 12.8 Å². The molecule has 1 saturated heterocycles. The summed E-state index contributed by atoms with van der Waals surface area (Å²) in [4.78, 5) is 16.1.